The van der Waals surface area contributed by atoms with Crippen LogP contribution in [0.4, 0.5) is 0 Å². The van der Waals surface area contributed by atoms with Crippen LogP contribution in [0.15, 0.2) is 73.1 Å². The Morgan fingerprint density at radius 1 is 0.840 bits per heavy atom. The van der Waals surface area contributed by atoms with Gasteiger partial charge in [0, 0.05) is 38.3 Å². The molecule has 0 saturated heterocycles. The van der Waals surface area contributed by atoms with E-state index in [-0.39, 0.29) is 20.1 Å². The van der Waals surface area contributed by atoms with Crippen LogP contribution in [-0.4, -0.2) is 20.1 Å². The van der Waals surface area contributed by atoms with E-state index in [9.17, 15) is 0 Å². The molecular weight excluding hydrogens is 490 g/mol. The molecule has 0 bridgehead atoms. The van der Waals surface area contributed by atoms with Crippen LogP contribution in [0.5, 0.6) is 0 Å². The van der Waals surface area contributed by atoms with E-state index in [0.29, 0.717) is 11.6 Å². The molecule has 3 heterocycles. The van der Waals surface area contributed by atoms with Gasteiger partial charge in [-0.05, 0) is 36.6 Å². The van der Waals surface area contributed by atoms with Crippen LogP contribution < -0.4 is 5.10 Å². The zero-order chi connectivity index (χ0) is 16.6. The van der Waals surface area contributed by atoms with Crippen molar-refractivity contribution in [1.29, 1.82) is 0 Å². The summed E-state index contributed by atoms with van der Waals surface area (Å²) in [6.45, 7) is 1.80. The second kappa shape index (κ2) is 9.57. The van der Waals surface area contributed by atoms with Crippen LogP contribution in [0.1, 0.15) is 5.82 Å². The van der Waals surface area contributed by atoms with Crippen LogP contribution in [-0.2, 0) is 20.1 Å². The quantitative estimate of drug-likeness (QED) is 0.391. The second-order valence-corrected chi connectivity index (χ2v) is 4.89. The van der Waals surface area contributed by atoms with Gasteiger partial charge >= 0.3 is 0 Å². The fourth-order valence-corrected chi connectivity index (χ4v) is 2.00. The third-order valence-electron chi connectivity index (χ3n) is 3.10. The van der Waals surface area contributed by atoms with Gasteiger partial charge < -0.3 is 15.1 Å². The standard InChI is InChI=1S/C11H8N.C8H7N4.Ir/c1-2-6-10(7-3-1)11-8-4-5-9-12-11;1-6-10-8(12-11-6)7-4-2-3-5-9-7;/h1-6,8-9H;2-5H,1H3;/q2*-1;. The van der Waals surface area contributed by atoms with Crippen LogP contribution in [0.2, 0.25) is 0 Å². The molecule has 127 valence electrons. The molecular formula is C19H15IrN5-2. The molecule has 0 spiro atoms. The Balaban J connectivity index is 0.000000173. The van der Waals surface area contributed by atoms with Gasteiger partial charge in [0.15, 0.2) is 0 Å². The van der Waals surface area contributed by atoms with E-state index in [1.165, 1.54) is 0 Å². The van der Waals surface area contributed by atoms with E-state index < -0.39 is 0 Å². The summed E-state index contributed by atoms with van der Waals surface area (Å²) in [5, 5.41) is 7.65. The van der Waals surface area contributed by atoms with Crippen LogP contribution in [0.25, 0.3) is 22.8 Å². The molecule has 5 nitrogen and oxygen atoms in total. The molecule has 0 unspecified atom stereocenters. The summed E-state index contributed by atoms with van der Waals surface area (Å²) in [6, 6.07) is 22.4. The van der Waals surface area contributed by atoms with Gasteiger partial charge in [-0.3, -0.25) is 10.1 Å². The Bertz CT molecular complexity index is 826. The first-order chi connectivity index (χ1) is 11.8. The fourth-order valence-electron chi connectivity index (χ4n) is 2.00. The Morgan fingerprint density at radius 3 is 2.04 bits per heavy atom. The van der Waals surface area contributed by atoms with Crippen molar-refractivity contribution >= 4 is 0 Å². The fraction of sp³-hybridized carbons (Fsp3) is 0.0526. The summed E-state index contributed by atoms with van der Waals surface area (Å²) in [7, 11) is 0. The minimum Gasteiger partial charge on any atom is -0.421 e. The first kappa shape index (κ1) is 18.6. The number of hydrogen-bond donors (Lipinski definition) is 0. The molecule has 4 rings (SSSR count). The van der Waals surface area contributed by atoms with Crippen molar-refractivity contribution in [2.45, 2.75) is 6.92 Å². The third-order valence-corrected chi connectivity index (χ3v) is 3.10. The molecule has 0 amide bonds. The summed E-state index contributed by atoms with van der Waals surface area (Å²) in [6.07, 6.45) is 3.50. The maximum absolute atomic E-state index is 4.22. The van der Waals surface area contributed by atoms with E-state index in [2.05, 4.69) is 31.2 Å². The Labute approximate surface area is 160 Å². The molecule has 25 heavy (non-hydrogen) atoms. The summed E-state index contributed by atoms with van der Waals surface area (Å²) in [4.78, 5) is 12.4. The van der Waals surface area contributed by atoms with Crippen LogP contribution in [0.3, 0.4) is 0 Å². The molecule has 1 radical (unpaired) electrons. The van der Waals surface area contributed by atoms with Crippen molar-refractivity contribution in [2.24, 2.45) is 0 Å². The molecule has 0 saturated carbocycles. The van der Waals surface area contributed by atoms with E-state index in [0.717, 1.165) is 17.0 Å². The van der Waals surface area contributed by atoms with Crippen molar-refractivity contribution in [1.82, 2.24) is 25.1 Å². The zero-order valence-electron chi connectivity index (χ0n) is 13.5. The van der Waals surface area contributed by atoms with Gasteiger partial charge in [0.25, 0.3) is 0 Å². The van der Waals surface area contributed by atoms with Crippen molar-refractivity contribution < 1.29 is 20.1 Å². The largest absolute Gasteiger partial charge is 0.421 e. The average molecular weight is 506 g/mol. The van der Waals surface area contributed by atoms with Crippen molar-refractivity contribution in [3.05, 3.63) is 84.9 Å². The molecule has 0 aliphatic carbocycles. The van der Waals surface area contributed by atoms with Gasteiger partial charge in [-0.25, -0.2) is 0 Å². The maximum Gasteiger partial charge on any atom is 0.0634 e. The Morgan fingerprint density at radius 2 is 1.52 bits per heavy atom. The van der Waals surface area contributed by atoms with Gasteiger partial charge in [0.05, 0.1) is 5.69 Å². The average Bonchev–Trinajstić information content (AvgIpc) is 3.11. The van der Waals surface area contributed by atoms with Gasteiger partial charge in [0.1, 0.15) is 0 Å². The Kier molecular flexibility index (Phi) is 7.14. The predicted octanol–water partition coefficient (Wildman–Crippen LogP) is 3.35. The molecule has 0 aliphatic rings. The molecule has 1 aromatic carbocycles. The first-order valence-corrected chi connectivity index (χ1v) is 7.46. The van der Waals surface area contributed by atoms with Crippen molar-refractivity contribution in [3.8, 4) is 22.8 Å². The summed E-state index contributed by atoms with van der Waals surface area (Å²) < 4.78 is 0. The van der Waals surface area contributed by atoms with E-state index in [4.69, 9.17) is 0 Å². The molecule has 0 atom stereocenters. The van der Waals surface area contributed by atoms with Gasteiger partial charge in [-0.15, -0.1) is 35.9 Å². The van der Waals surface area contributed by atoms with Gasteiger partial charge in [0.2, 0.25) is 0 Å². The minimum atomic E-state index is 0. The number of hydrogen-bond acceptors (Lipinski definition) is 4. The molecule has 6 heteroatoms. The molecule has 3 aromatic heterocycles. The van der Waals surface area contributed by atoms with Gasteiger partial charge in [-0.1, -0.05) is 18.2 Å². The number of nitrogens with zero attached hydrogens (tertiary/aromatic N) is 5. The van der Waals surface area contributed by atoms with Crippen molar-refractivity contribution in [2.75, 3.05) is 0 Å². The number of aryl methyl sites for hydroxylation is 1. The smallest absolute Gasteiger partial charge is 0.0634 e. The SMILES string of the molecule is Cc1n[n-]c(-c2ccccn2)n1.[Ir].[c-]1ccccc1-c1ccccn1. The first-order valence-electron chi connectivity index (χ1n) is 7.46. The third kappa shape index (κ3) is 5.41. The number of rotatable bonds is 2. The number of benzene rings is 1. The summed E-state index contributed by atoms with van der Waals surface area (Å²) in [5.74, 6) is 1.27. The van der Waals surface area contributed by atoms with E-state index in [1.54, 1.807) is 19.3 Å². The Hall–Kier alpha value is -2.69. The maximum atomic E-state index is 4.22. The predicted molar refractivity (Wildman–Crippen MR) is 91.8 cm³/mol. The summed E-state index contributed by atoms with van der Waals surface area (Å²) in [5.41, 5.74) is 2.77. The second-order valence-electron chi connectivity index (χ2n) is 4.89. The van der Waals surface area contributed by atoms with E-state index in [1.807, 2.05) is 60.7 Å². The van der Waals surface area contributed by atoms with E-state index >= 15 is 0 Å². The zero-order valence-corrected chi connectivity index (χ0v) is 15.9. The topological polar surface area (TPSA) is 65.7 Å². The van der Waals surface area contributed by atoms with Crippen LogP contribution in [0, 0.1) is 13.0 Å². The minimum absolute atomic E-state index is 0. The number of aromatic nitrogens is 5. The number of pyridine rings is 2. The molecule has 0 fully saturated rings. The normalized spacial score (nSPS) is 9.48. The molecule has 4 aromatic rings. The molecule has 0 aliphatic heterocycles. The molecule has 0 N–H and O–H groups in total. The van der Waals surface area contributed by atoms with Gasteiger partial charge in [-0.2, -0.15) is 0 Å². The summed E-state index contributed by atoms with van der Waals surface area (Å²) >= 11 is 0. The van der Waals surface area contributed by atoms with Crippen LogP contribution >= 0.6 is 0 Å². The van der Waals surface area contributed by atoms with Crippen molar-refractivity contribution in [3.63, 3.8) is 0 Å². The monoisotopic (exact) mass is 506 g/mol.